The average Bonchev–Trinajstić information content (AvgIpc) is 2.70. The molecule has 0 atom stereocenters. The number of aromatic nitrogens is 1. The van der Waals surface area contributed by atoms with Crippen LogP contribution in [-0.2, 0) is 0 Å². The minimum Gasteiger partial charge on any atom is -0.407 e. The Balaban J connectivity index is 2.10. The van der Waals surface area contributed by atoms with Gasteiger partial charge in [0.2, 0.25) is 0 Å². The molecule has 1 aliphatic rings. The van der Waals surface area contributed by atoms with Crippen LogP contribution in [0.3, 0.4) is 0 Å². The SMILES string of the molecule is C1=Cc2ccc3nc4ccccc4cc3c2ONC1. The van der Waals surface area contributed by atoms with Gasteiger partial charge in [-0.3, -0.25) is 0 Å². The maximum absolute atomic E-state index is 5.66. The number of hydrogen-bond donors (Lipinski definition) is 1. The number of benzene rings is 2. The maximum atomic E-state index is 5.66. The molecule has 0 saturated carbocycles. The molecular weight excluding hydrogens is 236 g/mol. The Morgan fingerprint density at radius 1 is 1.05 bits per heavy atom. The fourth-order valence-corrected chi connectivity index (χ4v) is 2.43. The van der Waals surface area contributed by atoms with Gasteiger partial charge >= 0.3 is 0 Å². The van der Waals surface area contributed by atoms with E-state index in [0.29, 0.717) is 6.54 Å². The standard InChI is InChI=1S/C16H12N2O/c1-2-6-14-12(4-1)10-13-15(18-14)8-7-11-5-3-9-17-19-16(11)13/h1-8,10,17H,9H2. The first-order valence-corrected chi connectivity index (χ1v) is 6.30. The van der Waals surface area contributed by atoms with Crippen molar-refractivity contribution in [2.75, 3.05) is 6.54 Å². The minimum absolute atomic E-state index is 0.706. The summed E-state index contributed by atoms with van der Waals surface area (Å²) in [5, 5.41) is 2.16. The molecule has 19 heavy (non-hydrogen) atoms. The van der Waals surface area contributed by atoms with Crippen LogP contribution in [0.5, 0.6) is 5.75 Å². The van der Waals surface area contributed by atoms with Gasteiger partial charge in [-0.1, -0.05) is 30.4 Å². The molecule has 3 nitrogen and oxygen atoms in total. The fourth-order valence-electron chi connectivity index (χ4n) is 2.43. The first kappa shape index (κ1) is 10.5. The molecular formula is C16H12N2O. The van der Waals surface area contributed by atoms with Crippen LogP contribution in [-0.4, -0.2) is 11.5 Å². The van der Waals surface area contributed by atoms with E-state index < -0.39 is 0 Å². The van der Waals surface area contributed by atoms with Crippen molar-refractivity contribution in [1.29, 1.82) is 0 Å². The zero-order valence-corrected chi connectivity index (χ0v) is 10.3. The Labute approximate surface area is 110 Å². The van der Waals surface area contributed by atoms with E-state index in [1.807, 2.05) is 36.4 Å². The van der Waals surface area contributed by atoms with Crippen LogP contribution in [0.2, 0.25) is 0 Å². The third-order valence-electron chi connectivity index (χ3n) is 3.35. The molecule has 0 saturated heterocycles. The molecule has 0 fully saturated rings. The maximum Gasteiger partial charge on any atom is 0.163 e. The Hall–Kier alpha value is -2.39. The second kappa shape index (κ2) is 4.07. The van der Waals surface area contributed by atoms with Crippen molar-refractivity contribution < 1.29 is 4.84 Å². The Bertz CT molecular complexity index is 808. The van der Waals surface area contributed by atoms with Gasteiger partial charge < -0.3 is 4.84 Å². The third-order valence-corrected chi connectivity index (χ3v) is 3.35. The van der Waals surface area contributed by atoms with E-state index in [4.69, 9.17) is 4.84 Å². The van der Waals surface area contributed by atoms with Crippen molar-refractivity contribution in [2.45, 2.75) is 0 Å². The van der Waals surface area contributed by atoms with Gasteiger partial charge in [-0.25, -0.2) is 4.98 Å². The first-order valence-electron chi connectivity index (χ1n) is 6.30. The number of pyridine rings is 1. The van der Waals surface area contributed by atoms with E-state index in [-0.39, 0.29) is 0 Å². The molecule has 2 heterocycles. The van der Waals surface area contributed by atoms with E-state index in [1.54, 1.807) is 0 Å². The van der Waals surface area contributed by atoms with Gasteiger partial charge in [-0.15, -0.1) is 0 Å². The fraction of sp³-hybridized carbons (Fsp3) is 0.0625. The summed E-state index contributed by atoms with van der Waals surface area (Å²) in [6, 6.07) is 14.3. The molecule has 0 aliphatic carbocycles. The van der Waals surface area contributed by atoms with Crippen molar-refractivity contribution in [2.24, 2.45) is 0 Å². The molecule has 0 spiro atoms. The molecule has 4 rings (SSSR count). The summed E-state index contributed by atoms with van der Waals surface area (Å²) in [6.07, 6.45) is 4.12. The number of nitrogens with zero attached hydrogens (tertiary/aromatic N) is 1. The van der Waals surface area contributed by atoms with Gasteiger partial charge in [0.25, 0.3) is 0 Å². The Kier molecular flexibility index (Phi) is 2.25. The van der Waals surface area contributed by atoms with Gasteiger partial charge in [-0.05, 0) is 24.3 Å². The van der Waals surface area contributed by atoms with E-state index in [9.17, 15) is 0 Å². The van der Waals surface area contributed by atoms with Crippen LogP contribution in [0.15, 0.2) is 48.5 Å². The van der Waals surface area contributed by atoms with Gasteiger partial charge in [0.15, 0.2) is 5.75 Å². The zero-order valence-electron chi connectivity index (χ0n) is 10.3. The summed E-state index contributed by atoms with van der Waals surface area (Å²) in [7, 11) is 0. The molecule has 1 aromatic heterocycles. The van der Waals surface area contributed by atoms with Gasteiger partial charge in [0, 0.05) is 16.3 Å². The molecule has 1 N–H and O–H groups in total. The van der Waals surface area contributed by atoms with Gasteiger partial charge in [0.05, 0.1) is 17.6 Å². The second-order valence-corrected chi connectivity index (χ2v) is 4.58. The van der Waals surface area contributed by atoms with Crippen molar-refractivity contribution in [3.05, 3.63) is 54.1 Å². The summed E-state index contributed by atoms with van der Waals surface area (Å²) in [4.78, 5) is 10.3. The van der Waals surface area contributed by atoms with Crippen LogP contribution in [0.25, 0.3) is 27.9 Å². The molecule has 3 heteroatoms. The highest BCUT2D eigenvalue weighted by molar-refractivity contribution is 5.97. The molecule has 0 radical (unpaired) electrons. The largest absolute Gasteiger partial charge is 0.407 e. The second-order valence-electron chi connectivity index (χ2n) is 4.58. The number of nitrogens with one attached hydrogen (secondary N) is 1. The zero-order chi connectivity index (χ0) is 12.7. The van der Waals surface area contributed by atoms with Crippen molar-refractivity contribution in [3.63, 3.8) is 0 Å². The minimum atomic E-state index is 0.706. The molecule has 0 amide bonds. The monoisotopic (exact) mass is 248 g/mol. The smallest absolute Gasteiger partial charge is 0.163 e. The lowest BCUT2D eigenvalue weighted by Gasteiger charge is -2.10. The summed E-state index contributed by atoms with van der Waals surface area (Å²) in [5.41, 5.74) is 5.97. The van der Waals surface area contributed by atoms with Crippen LogP contribution in [0, 0.1) is 0 Å². The van der Waals surface area contributed by atoms with Crippen molar-refractivity contribution in [1.82, 2.24) is 10.5 Å². The summed E-state index contributed by atoms with van der Waals surface area (Å²) >= 11 is 0. The lowest BCUT2D eigenvalue weighted by molar-refractivity contribution is 0.213. The highest BCUT2D eigenvalue weighted by Gasteiger charge is 2.11. The van der Waals surface area contributed by atoms with Crippen LogP contribution in [0.1, 0.15) is 5.56 Å². The predicted octanol–water partition coefficient (Wildman–Crippen LogP) is 3.30. The van der Waals surface area contributed by atoms with Gasteiger partial charge in [-0.2, -0.15) is 5.48 Å². The Morgan fingerprint density at radius 2 is 2.00 bits per heavy atom. The molecule has 0 bridgehead atoms. The lowest BCUT2D eigenvalue weighted by atomic mass is 10.1. The van der Waals surface area contributed by atoms with Gasteiger partial charge in [0.1, 0.15) is 0 Å². The summed E-state index contributed by atoms with van der Waals surface area (Å²) < 4.78 is 0. The topological polar surface area (TPSA) is 34.1 Å². The number of hydrogen-bond acceptors (Lipinski definition) is 3. The molecule has 92 valence electrons. The lowest BCUT2D eigenvalue weighted by Crippen LogP contribution is -2.17. The molecule has 3 aromatic rings. The quantitative estimate of drug-likeness (QED) is 0.620. The number of rotatable bonds is 0. The van der Waals surface area contributed by atoms with Crippen LogP contribution < -0.4 is 10.3 Å². The van der Waals surface area contributed by atoms with Crippen molar-refractivity contribution >= 4 is 27.9 Å². The summed E-state index contributed by atoms with van der Waals surface area (Å²) in [6.45, 7) is 0.706. The predicted molar refractivity (Wildman–Crippen MR) is 76.9 cm³/mol. The highest BCUT2D eigenvalue weighted by Crippen LogP contribution is 2.32. The average molecular weight is 248 g/mol. The summed E-state index contributed by atoms with van der Waals surface area (Å²) in [5.74, 6) is 0.851. The number of para-hydroxylation sites is 1. The normalized spacial score (nSPS) is 14.1. The Morgan fingerprint density at radius 3 is 3.00 bits per heavy atom. The third kappa shape index (κ3) is 1.67. The first-order chi connectivity index (χ1) is 9.42. The van der Waals surface area contributed by atoms with E-state index >= 15 is 0 Å². The van der Waals surface area contributed by atoms with Crippen molar-refractivity contribution in [3.8, 4) is 5.75 Å². The number of fused-ring (bicyclic) bond motifs is 4. The van der Waals surface area contributed by atoms with Crippen LogP contribution >= 0.6 is 0 Å². The molecule has 0 unspecified atom stereocenters. The van der Waals surface area contributed by atoms with E-state index in [0.717, 1.165) is 33.1 Å². The van der Waals surface area contributed by atoms with E-state index in [1.165, 1.54) is 0 Å². The molecule has 2 aromatic carbocycles. The van der Waals surface area contributed by atoms with E-state index in [2.05, 4.69) is 28.7 Å². The van der Waals surface area contributed by atoms with Crippen LogP contribution in [0.4, 0.5) is 0 Å². The number of hydroxylamine groups is 1. The highest BCUT2D eigenvalue weighted by atomic mass is 16.6. The molecule has 1 aliphatic heterocycles.